The Hall–Kier alpha value is -1.92. The van der Waals surface area contributed by atoms with Crippen LogP contribution < -0.4 is 5.32 Å². The summed E-state index contributed by atoms with van der Waals surface area (Å²) in [5, 5.41) is 3.31. The van der Waals surface area contributed by atoms with Crippen LogP contribution in [0.15, 0.2) is 66.9 Å². The van der Waals surface area contributed by atoms with E-state index in [0.717, 1.165) is 14.8 Å². The molecule has 3 aromatic rings. The lowest BCUT2D eigenvalue weighted by molar-refractivity contribution is 0.102. The average molecular weight is 435 g/mol. The number of hydrogen-bond donors (Lipinski definition) is 1. The van der Waals surface area contributed by atoms with Crippen molar-refractivity contribution >= 4 is 45.8 Å². The lowest BCUT2D eigenvalue weighted by Gasteiger charge is -2.10. The van der Waals surface area contributed by atoms with Crippen LogP contribution >= 0.6 is 34.2 Å². The van der Waals surface area contributed by atoms with E-state index in [1.165, 1.54) is 0 Å². The van der Waals surface area contributed by atoms with Crippen LogP contribution in [0.2, 0.25) is 5.02 Å². The smallest absolute Gasteiger partial charge is 0.257 e. The number of halogens is 2. The van der Waals surface area contributed by atoms with Crippen molar-refractivity contribution in [3.63, 3.8) is 0 Å². The van der Waals surface area contributed by atoms with Gasteiger partial charge in [-0.2, -0.15) is 0 Å². The first-order chi connectivity index (χ1) is 11.1. The second-order valence-corrected chi connectivity index (χ2v) is 6.41. The van der Waals surface area contributed by atoms with E-state index in [1.807, 2.05) is 36.4 Å². The molecule has 0 saturated carbocycles. The van der Waals surface area contributed by atoms with Gasteiger partial charge in [0.2, 0.25) is 0 Å². The lowest BCUT2D eigenvalue weighted by Crippen LogP contribution is -2.12. The maximum absolute atomic E-state index is 12.4. The molecule has 0 saturated heterocycles. The zero-order valence-electron chi connectivity index (χ0n) is 12.0. The standard InChI is InChI=1S/C18H12ClIN2O/c19-15-6-2-1-5-13(15)18(23)22-12-8-9-16(20)14(11-12)17-7-3-4-10-21-17/h1-11H,(H,22,23). The van der Waals surface area contributed by atoms with Gasteiger partial charge in [-0.25, -0.2) is 0 Å². The molecule has 3 nitrogen and oxygen atoms in total. The van der Waals surface area contributed by atoms with Crippen LogP contribution in [-0.2, 0) is 0 Å². The number of nitrogens with zero attached hydrogens (tertiary/aromatic N) is 1. The first-order valence-electron chi connectivity index (χ1n) is 6.92. The first-order valence-corrected chi connectivity index (χ1v) is 8.37. The van der Waals surface area contributed by atoms with Crippen molar-refractivity contribution in [1.82, 2.24) is 4.98 Å². The van der Waals surface area contributed by atoms with Gasteiger partial charge in [0.15, 0.2) is 0 Å². The van der Waals surface area contributed by atoms with Crippen LogP contribution in [0.1, 0.15) is 10.4 Å². The van der Waals surface area contributed by atoms with Crippen LogP contribution in [-0.4, -0.2) is 10.9 Å². The molecule has 0 atom stereocenters. The summed E-state index contributed by atoms with van der Waals surface area (Å²) in [6.07, 6.45) is 1.75. The Morgan fingerprint density at radius 2 is 1.83 bits per heavy atom. The van der Waals surface area contributed by atoms with Crippen molar-refractivity contribution in [3.8, 4) is 11.3 Å². The van der Waals surface area contributed by atoms with E-state index in [-0.39, 0.29) is 5.91 Å². The average Bonchev–Trinajstić information content (AvgIpc) is 2.57. The van der Waals surface area contributed by atoms with E-state index in [1.54, 1.807) is 30.5 Å². The second-order valence-electron chi connectivity index (χ2n) is 4.84. The summed E-state index contributed by atoms with van der Waals surface area (Å²) in [7, 11) is 0. The molecule has 114 valence electrons. The Labute approximate surface area is 152 Å². The highest BCUT2D eigenvalue weighted by Gasteiger charge is 2.11. The van der Waals surface area contributed by atoms with Crippen LogP contribution in [0, 0.1) is 3.57 Å². The van der Waals surface area contributed by atoms with Crippen molar-refractivity contribution < 1.29 is 4.79 Å². The summed E-state index contributed by atoms with van der Waals surface area (Å²) in [6, 6.07) is 18.5. The lowest BCUT2D eigenvalue weighted by atomic mass is 10.1. The van der Waals surface area contributed by atoms with Gasteiger partial charge in [-0.15, -0.1) is 0 Å². The van der Waals surface area contributed by atoms with Crippen LogP contribution in [0.5, 0.6) is 0 Å². The van der Waals surface area contributed by atoms with Gasteiger partial charge >= 0.3 is 0 Å². The molecule has 1 heterocycles. The zero-order chi connectivity index (χ0) is 16.2. The minimum Gasteiger partial charge on any atom is -0.322 e. The molecule has 1 aromatic heterocycles. The Morgan fingerprint density at radius 1 is 1.04 bits per heavy atom. The summed E-state index contributed by atoms with van der Waals surface area (Å²) >= 11 is 8.32. The number of carbonyl (C=O) groups excluding carboxylic acids is 1. The first kappa shape index (κ1) is 16.0. The molecule has 0 unspecified atom stereocenters. The normalized spacial score (nSPS) is 10.3. The predicted octanol–water partition coefficient (Wildman–Crippen LogP) is 5.26. The minimum atomic E-state index is -0.233. The van der Waals surface area contributed by atoms with Gasteiger partial charge in [0, 0.05) is 21.0 Å². The highest BCUT2D eigenvalue weighted by molar-refractivity contribution is 14.1. The summed E-state index contributed by atoms with van der Waals surface area (Å²) in [5.74, 6) is -0.233. The molecule has 0 spiro atoms. The van der Waals surface area contributed by atoms with Gasteiger partial charge in [-0.1, -0.05) is 29.8 Å². The molecule has 0 aliphatic heterocycles. The third-order valence-corrected chi connectivity index (χ3v) is 4.55. The van der Waals surface area contributed by atoms with Crippen LogP contribution in [0.3, 0.4) is 0 Å². The molecule has 2 aromatic carbocycles. The Morgan fingerprint density at radius 3 is 2.57 bits per heavy atom. The fourth-order valence-corrected chi connectivity index (χ4v) is 3.00. The summed E-state index contributed by atoms with van der Waals surface area (Å²) in [5.41, 5.74) is 3.00. The third-order valence-electron chi connectivity index (χ3n) is 3.28. The molecule has 0 aliphatic carbocycles. The van der Waals surface area contributed by atoms with Crippen molar-refractivity contribution in [2.24, 2.45) is 0 Å². The largest absolute Gasteiger partial charge is 0.322 e. The molecule has 23 heavy (non-hydrogen) atoms. The van der Waals surface area contributed by atoms with Crippen LogP contribution in [0.25, 0.3) is 11.3 Å². The quantitative estimate of drug-likeness (QED) is 0.572. The molecule has 1 amide bonds. The van der Waals surface area contributed by atoms with E-state index < -0.39 is 0 Å². The summed E-state index contributed by atoms with van der Waals surface area (Å²) < 4.78 is 1.07. The van der Waals surface area contributed by atoms with E-state index in [0.29, 0.717) is 16.3 Å². The summed E-state index contributed by atoms with van der Waals surface area (Å²) in [4.78, 5) is 16.7. The maximum atomic E-state index is 12.4. The van der Waals surface area contributed by atoms with Crippen LogP contribution in [0.4, 0.5) is 5.69 Å². The molecule has 3 rings (SSSR count). The van der Waals surface area contributed by atoms with E-state index in [2.05, 4.69) is 32.9 Å². The van der Waals surface area contributed by atoms with Gasteiger partial charge in [-0.05, 0) is 65.1 Å². The number of amides is 1. The van der Waals surface area contributed by atoms with E-state index >= 15 is 0 Å². The number of aromatic nitrogens is 1. The van der Waals surface area contributed by atoms with Crippen molar-refractivity contribution in [2.45, 2.75) is 0 Å². The summed E-state index contributed by atoms with van der Waals surface area (Å²) in [6.45, 7) is 0. The van der Waals surface area contributed by atoms with Gasteiger partial charge in [0.05, 0.1) is 16.3 Å². The molecule has 0 radical (unpaired) electrons. The van der Waals surface area contributed by atoms with Gasteiger partial charge in [0.1, 0.15) is 0 Å². The molecule has 1 N–H and O–H groups in total. The second kappa shape index (κ2) is 7.10. The highest BCUT2D eigenvalue weighted by atomic mass is 127. The third kappa shape index (κ3) is 3.71. The monoisotopic (exact) mass is 434 g/mol. The molecule has 0 fully saturated rings. The fraction of sp³-hybridized carbons (Fsp3) is 0. The number of hydrogen-bond acceptors (Lipinski definition) is 2. The molecule has 5 heteroatoms. The van der Waals surface area contributed by atoms with Crippen molar-refractivity contribution in [1.29, 1.82) is 0 Å². The van der Waals surface area contributed by atoms with Gasteiger partial charge in [0.25, 0.3) is 5.91 Å². The Kier molecular flexibility index (Phi) is 4.93. The molecule has 0 aliphatic rings. The predicted molar refractivity (Wildman–Crippen MR) is 102 cm³/mol. The van der Waals surface area contributed by atoms with Crippen molar-refractivity contribution in [3.05, 3.63) is 81.0 Å². The molecular weight excluding hydrogens is 423 g/mol. The number of benzene rings is 2. The minimum absolute atomic E-state index is 0.233. The molecule has 0 bridgehead atoms. The zero-order valence-corrected chi connectivity index (χ0v) is 14.9. The Bertz CT molecular complexity index is 853. The topological polar surface area (TPSA) is 42.0 Å². The Balaban J connectivity index is 1.90. The number of nitrogens with one attached hydrogen (secondary N) is 1. The fourth-order valence-electron chi connectivity index (χ4n) is 2.17. The highest BCUT2D eigenvalue weighted by Crippen LogP contribution is 2.27. The van der Waals surface area contributed by atoms with Gasteiger partial charge < -0.3 is 5.32 Å². The maximum Gasteiger partial charge on any atom is 0.257 e. The van der Waals surface area contributed by atoms with Crippen molar-refractivity contribution in [2.75, 3.05) is 5.32 Å². The number of anilines is 1. The SMILES string of the molecule is O=C(Nc1ccc(I)c(-c2ccccn2)c1)c1ccccc1Cl. The van der Waals surface area contributed by atoms with E-state index in [4.69, 9.17) is 11.6 Å². The van der Waals surface area contributed by atoms with Gasteiger partial charge in [-0.3, -0.25) is 9.78 Å². The number of pyridine rings is 1. The number of carbonyl (C=O) groups is 1. The van der Waals surface area contributed by atoms with E-state index in [9.17, 15) is 4.79 Å². The number of rotatable bonds is 3. The molecular formula is C18H12ClIN2O.